The number of amides is 1. The normalized spacial score (nSPS) is 16.1. The Morgan fingerprint density at radius 3 is 2.32 bits per heavy atom. The van der Waals surface area contributed by atoms with Gasteiger partial charge in [-0.1, -0.05) is 53.8 Å². The molecular formula is C22H25BrN2OS2. The fraction of sp³-hybridized carbons (Fsp3) is 0.364. The third-order valence-corrected chi connectivity index (χ3v) is 7.49. The molecule has 0 N–H and O–H groups in total. The fourth-order valence-corrected chi connectivity index (χ4v) is 5.04. The van der Waals surface area contributed by atoms with Crippen LogP contribution in [-0.4, -0.2) is 26.2 Å². The smallest absolute Gasteiger partial charge is 0.266 e. The maximum Gasteiger partial charge on any atom is 0.266 e. The number of aromatic nitrogens is 1. The summed E-state index contributed by atoms with van der Waals surface area (Å²) in [5.41, 5.74) is 6.87. The van der Waals surface area contributed by atoms with E-state index in [-0.39, 0.29) is 5.91 Å². The first-order valence-electron chi connectivity index (χ1n) is 9.31. The minimum Gasteiger partial charge on any atom is -0.318 e. The van der Waals surface area contributed by atoms with Gasteiger partial charge in [0.15, 0.2) is 0 Å². The Morgan fingerprint density at radius 1 is 1.14 bits per heavy atom. The molecule has 0 unspecified atom stereocenters. The lowest BCUT2D eigenvalue weighted by Gasteiger charge is -2.16. The first-order chi connectivity index (χ1) is 13.1. The van der Waals surface area contributed by atoms with Crippen LogP contribution in [0.4, 0.5) is 0 Å². The molecule has 1 fully saturated rings. The molecule has 2 aromatic rings. The highest BCUT2D eigenvalue weighted by Crippen LogP contribution is 2.35. The Labute approximate surface area is 185 Å². The molecule has 2 heterocycles. The van der Waals surface area contributed by atoms with E-state index in [1.165, 1.54) is 22.9 Å². The molecule has 1 aliphatic rings. The molecule has 0 spiro atoms. The predicted molar refractivity (Wildman–Crippen MR) is 127 cm³/mol. The van der Waals surface area contributed by atoms with Crippen molar-refractivity contribution < 1.29 is 4.79 Å². The first-order valence-corrected chi connectivity index (χ1v) is 11.3. The summed E-state index contributed by atoms with van der Waals surface area (Å²) in [6.07, 6.45) is 1.98. The average Bonchev–Trinajstić information content (AvgIpc) is 3.02. The van der Waals surface area contributed by atoms with Crippen molar-refractivity contribution in [2.24, 2.45) is 5.92 Å². The molecule has 0 bridgehead atoms. The van der Waals surface area contributed by atoms with Gasteiger partial charge < -0.3 is 4.57 Å². The van der Waals surface area contributed by atoms with Crippen LogP contribution in [0.3, 0.4) is 0 Å². The van der Waals surface area contributed by atoms with Crippen molar-refractivity contribution in [3.05, 3.63) is 55.7 Å². The van der Waals surface area contributed by atoms with Crippen LogP contribution < -0.4 is 0 Å². The van der Waals surface area contributed by atoms with E-state index in [1.54, 1.807) is 4.90 Å². The molecule has 0 aliphatic carbocycles. The highest BCUT2D eigenvalue weighted by atomic mass is 79.9. The molecule has 0 saturated carbocycles. The monoisotopic (exact) mass is 476 g/mol. The lowest BCUT2D eigenvalue weighted by molar-refractivity contribution is -0.122. The van der Waals surface area contributed by atoms with Crippen LogP contribution in [0.15, 0.2) is 27.6 Å². The quantitative estimate of drug-likeness (QED) is 0.380. The number of hydrogen-bond donors (Lipinski definition) is 0. The van der Waals surface area contributed by atoms with Crippen molar-refractivity contribution in [1.29, 1.82) is 0 Å². The van der Waals surface area contributed by atoms with E-state index in [2.05, 4.69) is 80.2 Å². The van der Waals surface area contributed by atoms with Gasteiger partial charge in [-0.2, -0.15) is 0 Å². The van der Waals surface area contributed by atoms with Crippen LogP contribution in [0.2, 0.25) is 0 Å². The summed E-state index contributed by atoms with van der Waals surface area (Å²) >= 11 is 10.5. The number of rotatable bonds is 4. The zero-order chi connectivity index (χ0) is 20.7. The van der Waals surface area contributed by atoms with Crippen molar-refractivity contribution >= 4 is 56.2 Å². The summed E-state index contributed by atoms with van der Waals surface area (Å²) in [4.78, 5) is 15.2. The molecule has 3 nitrogen and oxygen atoms in total. The van der Waals surface area contributed by atoms with E-state index < -0.39 is 0 Å². The van der Waals surface area contributed by atoms with Gasteiger partial charge in [-0.25, -0.2) is 0 Å². The Kier molecular flexibility index (Phi) is 6.23. The van der Waals surface area contributed by atoms with Crippen molar-refractivity contribution in [3.8, 4) is 5.69 Å². The second-order valence-corrected chi connectivity index (χ2v) is 10.2. The maximum absolute atomic E-state index is 12.8. The van der Waals surface area contributed by atoms with Crippen LogP contribution >= 0.6 is 39.9 Å². The summed E-state index contributed by atoms with van der Waals surface area (Å²) in [5.74, 6) is 0.402. The molecule has 28 heavy (non-hydrogen) atoms. The average molecular weight is 477 g/mol. The topological polar surface area (TPSA) is 25.2 Å². The summed E-state index contributed by atoms with van der Waals surface area (Å²) in [6, 6.07) is 6.50. The third kappa shape index (κ3) is 4.00. The predicted octanol–water partition coefficient (Wildman–Crippen LogP) is 6.33. The molecule has 1 amide bonds. The van der Waals surface area contributed by atoms with Gasteiger partial charge in [-0.3, -0.25) is 9.69 Å². The van der Waals surface area contributed by atoms with Gasteiger partial charge >= 0.3 is 0 Å². The minimum absolute atomic E-state index is 0.0174. The summed E-state index contributed by atoms with van der Waals surface area (Å²) in [7, 11) is 0. The van der Waals surface area contributed by atoms with E-state index in [9.17, 15) is 4.79 Å². The lowest BCUT2D eigenvalue weighted by atomic mass is 10.1. The number of nitrogens with zero attached hydrogens (tertiary/aromatic N) is 2. The number of hydrogen-bond acceptors (Lipinski definition) is 3. The van der Waals surface area contributed by atoms with Gasteiger partial charge in [0.1, 0.15) is 4.32 Å². The van der Waals surface area contributed by atoms with E-state index in [1.807, 2.05) is 6.08 Å². The number of halogens is 1. The van der Waals surface area contributed by atoms with Gasteiger partial charge in [0.2, 0.25) is 0 Å². The standard InChI is InChI=1S/C22H25BrN2OS2/c1-12(2)11-24-21(26)19(28-22(24)27)10-17-9-15(5)25(16(17)6)18-7-13(3)20(23)14(4)8-18/h7-10,12H,11H2,1-6H3/b19-10-. The lowest BCUT2D eigenvalue weighted by Crippen LogP contribution is -2.31. The SMILES string of the molecule is Cc1cc(-n2c(C)cc(/C=C3\SC(=S)N(CC(C)C)C3=O)c2C)cc(C)c1Br. The number of thioether (sulfide) groups is 1. The Balaban J connectivity index is 2.00. The summed E-state index contributed by atoms with van der Waals surface area (Å²) < 4.78 is 4.04. The molecular weight excluding hydrogens is 452 g/mol. The van der Waals surface area contributed by atoms with Crippen LogP contribution in [0.5, 0.6) is 0 Å². The molecule has 1 aromatic heterocycles. The Bertz CT molecular complexity index is 981. The maximum atomic E-state index is 12.8. The second-order valence-electron chi connectivity index (χ2n) is 7.74. The second kappa shape index (κ2) is 8.17. The van der Waals surface area contributed by atoms with Crippen LogP contribution in [0, 0.1) is 33.6 Å². The van der Waals surface area contributed by atoms with Gasteiger partial charge in [-0.05, 0) is 74.6 Å². The molecule has 1 aliphatic heterocycles. The van der Waals surface area contributed by atoms with Crippen molar-refractivity contribution in [2.45, 2.75) is 41.5 Å². The van der Waals surface area contributed by atoms with E-state index in [0.717, 1.165) is 27.1 Å². The molecule has 1 saturated heterocycles. The van der Waals surface area contributed by atoms with E-state index in [0.29, 0.717) is 21.7 Å². The van der Waals surface area contributed by atoms with Crippen molar-refractivity contribution in [3.63, 3.8) is 0 Å². The van der Waals surface area contributed by atoms with Crippen LogP contribution in [0.25, 0.3) is 11.8 Å². The molecule has 0 atom stereocenters. The summed E-state index contributed by atoms with van der Waals surface area (Å²) in [5, 5.41) is 0. The number of aryl methyl sites for hydroxylation is 3. The Morgan fingerprint density at radius 2 is 1.75 bits per heavy atom. The molecule has 3 rings (SSSR count). The van der Waals surface area contributed by atoms with Crippen LogP contribution in [0.1, 0.15) is 41.9 Å². The largest absolute Gasteiger partial charge is 0.318 e. The van der Waals surface area contributed by atoms with Gasteiger partial charge in [-0.15, -0.1) is 0 Å². The van der Waals surface area contributed by atoms with Crippen LogP contribution in [-0.2, 0) is 4.79 Å². The fourth-order valence-electron chi connectivity index (χ4n) is 3.55. The van der Waals surface area contributed by atoms with Crippen molar-refractivity contribution in [2.75, 3.05) is 6.54 Å². The zero-order valence-corrected chi connectivity index (χ0v) is 20.3. The third-order valence-electron chi connectivity index (χ3n) is 4.86. The number of carbonyl (C=O) groups is 1. The minimum atomic E-state index is 0.0174. The van der Waals surface area contributed by atoms with E-state index in [4.69, 9.17) is 12.2 Å². The summed E-state index contributed by atoms with van der Waals surface area (Å²) in [6.45, 7) is 13.3. The number of thiocarbonyl (C=S) groups is 1. The molecule has 148 valence electrons. The first kappa shape index (κ1) is 21.3. The molecule has 6 heteroatoms. The Hall–Kier alpha value is -1.37. The highest BCUT2D eigenvalue weighted by molar-refractivity contribution is 9.10. The van der Waals surface area contributed by atoms with Gasteiger partial charge in [0.05, 0.1) is 4.91 Å². The van der Waals surface area contributed by atoms with Gasteiger partial charge in [0.25, 0.3) is 5.91 Å². The number of benzene rings is 1. The van der Waals surface area contributed by atoms with Gasteiger partial charge in [0, 0.05) is 28.1 Å². The number of carbonyl (C=O) groups excluding carboxylic acids is 1. The van der Waals surface area contributed by atoms with Crippen molar-refractivity contribution in [1.82, 2.24) is 9.47 Å². The zero-order valence-electron chi connectivity index (χ0n) is 17.1. The highest BCUT2D eigenvalue weighted by Gasteiger charge is 2.32. The van der Waals surface area contributed by atoms with E-state index >= 15 is 0 Å². The molecule has 1 aromatic carbocycles. The molecule has 0 radical (unpaired) electrons.